The number of hydrogen-bond acceptors (Lipinski definition) is 1. The summed E-state index contributed by atoms with van der Waals surface area (Å²) in [4.78, 5) is 6.17. The monoisotopic (exact) mass is 332 g/mol. The highest BCUT2D eigenvalue weighted by molar-refractivity contribution is 5.84. The minimum absolute atomic E-state index is 0.724. The molecule has 0 amide bonds. The van der Waals surface area contributed by atoms with Crippen LogP contribution in [0.2, 0.25) is 0 Å². The molecule has 0 spiro atoms. The zero-order valence-electron chi connectivity index (χ0n) is 15.6. The molecule has 1 aromatic heterocycles. The Hall–Kier alpha value is -2.06. The van der Waals surface area contributed by atoms with E-state index in [1.165, 1.54) is 59.2 Å². The molecule has 1 aliphatic rings. The summed E-state index contributed by atoms with van der Waals surface area (Å²) in [6, 6.07) is 15.4. The molecule has 0 radical (unpaired) electrons. The molecule has 25 heavy (non-hydrogen) atoms. The molecule has 0 unspecified atom stereocenters. The molecule has 130 valence electrons. The Kier molecular flexibility index (Phi) is 4.39. The van der Waals surface area contributed by atoms with Gasteiger partial charge in [-0.2, -0.15) is 0 Å². The predicted molar refractivity (Wildman–Crippen MR) is 106 cm³/mol. The summed E-state index contributed by atoms with van der Waals surface area (Å²) < 4.78 is 0. The molecule has 2 heteroatoms. The van der Waals surface area contributed by atoms with Gasteiger partial charge in [-0.1, -0.05) is 36.4 Å². The van der Waals surface area contributed by atoms with Crippen molar-refractivity contribution in [2.45, 2.75) is 46.1 Å². The van der Waals surface area contributed by atoms with Gasteiger partial charge in [0.25, 0.3) is 0 Å². The third-order valence-electron chi connectivity index (χ3n) is 5.95. The van der Waals surface area contributed by atoms with Gasteiger partial charge in [-0.15, -0.1) is 0 Å². The van der Waals surface area contributed by atoms with Crippen molar-refractivity contribution in [3.63, 3.8) is 0 Å². The van der Waals surface area contributed by atoms with Gasteiger partial charge in [-0.25, -0.2) is 0 Å². The highest BCUT2D eigenvalue weighted by atomic mass is 15.1. The highest BCUT2D eigenvalue weighted by Crippen LogP contribution is 2.33. The van der Waals surface area contributed by atoms with E-state index in [1.807, 2.05) is 0 Å². The second kappa shape index (κ2) is 6.68. The molecule has 0 saturated carbocycles. The number of nitrogens with one attached hydrogen (secondary N) is 1. The standard InChI is InChI=1S/C23H28N2/c1-16-7-6-8-17(2)23(16)19-11-13-25(14-12-19)15-21-18(3)24-22-10-5-4-9-20(21)22/h4-10,19,24H,11-15H2,1-3H3. The first kappa shape index (κ1) is 16.4. The SMILES string of the molecule is Cc1cccc(C)c1C1CCN(Cc2c(C)[nH]c3ccccc23)CC1. The molecule has 0 aliphatic carbocycles. The lowest BCUT2D eigenvalue weighted by molar-refractivity contribution is 0.204. The molecule has 2 aromatic carbocycles. The first-order valence-corrected chi connectivity index (χ1v) is 9.48. The average Bonchev–Trinajstić information content (AvgIpc) is 2.92. The minimum atomic E-state index is 0.724. The fraction of sp³-hybridized carbons (Fsp3) is 0.391. The van der Waals surface area contributed by atoms with Gasteiger partial charge < -0.3 is 4.98 Å². The van der Waals surface area contributed by atoms with E-state index in [9.17, 15) is 0 Å². The van der Waals surface area contributed by atoms with Gasteiger partial charge in [0.1, 0.15) is 0 Å². The molecule has 0 atom stereocenters. The number of piperidine rings is 1. The Labute approximate surface area is 150 Å². The number of para-hydroxylation sites is 1. The number of rotatable bonds is 3. The van der Waals surface area contributed by atoms with Crippen molar-refractivity contribution < 1.29 is 0 Å². The van der Waals surface area contributed by atoms with Crippen LogP contribution < -0.4 is 0 Å². The number of fused-ring (bicyclic) bond motifs is 1. The summed E-state index contributed by atoms with van der Waals surface area (Å²) in [6.07, 6.45) is 2.54. The maximum absolute atomic E-state index is 3.54. The summed E-state index contributed by atoms with van der Waals surface area (Å²) in [5, 5.41) is 1.39. The second-order valence-electron chi connectivity index (χ2n) is 7.63. The van der Waals surface area contributed by atoms with E-state index in [-0.39, 0.29) is 0 Å². The first-order valence-electron chi connectivity index (χ1n) is 9.48. The number of likely N-dealkylation sites (tertiary alicyclic amines) is 1. The van der Waals surface area contributed by atoms with E-state index in [0.717, 1.165) is 12.5 Å². The van der Waals surface area contributed by atoms with E-state index in [2.05, 4.69) is 73.1 Å². The second-order valence-corrected chi connectivity index (χ2v) is 7.63. The molecule has 4 rings (SSSR count). The van der Waals surface area contributed by atoms with Crippen LogP contribution in [0.25, 0.3) is 10.9 Å². The maximum Gasteiger partial charge on any atom is 0.0459 e. The number of aromatic nitrogens is 1. The summed E-state index contributed by atoms with van der Waals surface area (Å²) in [5.41, 5.74) is 8.59. The smallest absolute Gasteiger partial charge is 0.0459 e. The fourth-order valence-corrected chi connectivity index (χ4v) is 4.61. The van der Waals surface area contributed by atoms with Crippen molar-refractivity contribution in [2.24, 2.45) is 0 Å². The van der Waals surface area contributed by atoms with E-state index < -0.39 is 0 Å². The maximum atomic E-state index is 3.54. The molecule has 1 aliphatic heterocycles. The lowest BCUT2D eigenvalue weighted by Crippen LogP contribution is -2.33. The molecule has 1 saturated heterocycles. The summed E-state index contributed by atoms with van der Waals surface area (Å²) in [6.45, 7) is 10.2. The van der Waals surface area contributed by atoms with Gasteiger partial charge in [-0.3, -0.25) is 4.90 Å². The van der Waals surface area contributed by atoms with Crippen molar-refractivity contribution in [1.29, 1.82) is 0 Å². The van der Waals surface area contributed by atoms with Crippen molar-refractivity contribution in [3.8, 4) is 0 Å². The average molecular weight is 332 g/mol. The summed E-state index contributed by atoms with van der Waals surface area (Å²) >= 11 is 0. The molecular weight excluding hydrogens is 304 g/mol. The van der Waals surface area contributed by atoms with Crippen LogP contribution in [-0.4, -0.2) is 23.0 Å². The molecule has 2 heterocycles. The van der Waals surface area contributed by atoms with Crippen molar-refractivity contribution in [1.82, 2.24) is 9.88 Å². The lowest BCUT2D eigenvalue weighted by Gasteiger charge is -2.33. The first-order chi connectivity index (χ1) is 12.1. The molecular formula is C23H28N2. The van der Waals surface area contributed by atoms with Crippen molar-refractivity contribution in [3.05, 3.63) is 70.4 Å². The van der Waals surface area contributed by atoms with E-state index in [1.54, 1.807) is 5.56 Å². The van der Waals surface area contributed by atoms with Crippen LogP contribution in [0.3, 0.4) is 0 Å². The van der Waals surface area contributed by atoms with Crippen LogP contribution in [-0.2, 0) is 6.54 Å². The van der Waals surface area contributed by atoms with Gasteiger partial charge >= 0.3 is 0 Å². The minimum Gasteiger partial charge on any atom is -0.358 e. The normalized spacial score (nSPS) is 16.6. The summed E-state index contributed by atoms with van der Waals surface area (Å²) in [5.74, 6) is 0.724. The van der Waals surface area contributed by atoms with Crippen molar-refractivity contribution >= 4 is 10.9 Å². The van der Waals surface area contributed by atoms with Crippen LogP contribution in [0.15, 0.2) is 42.5 Å². The Morgan fingerprint density at radius 2 is 1.60 bits per heavy atom. The Bertz CT molecular complexity index is 862. The van der Waals surface area contributed by atoms with Gasteiger partial charge in [0.15, 0.2) is 0 Å². The fourth-order valence-electron chi connectivity index (χ4n) is 4.61. The van der Waals surface area contributed by atoms with Crippen molar-refractivity contribution in [2.75, 3.05) is 13.1 Å². The number of aryl methyl sites for hydroxylation is 3. The molecule has 0 bridgehead atoms. The topological polar surface area (TPSA) is 19.0 Å². The van der Waals surface area contributed by atoms with Crippen LogP contribution in [0.4, 0.5) is 0 Å². The van der Waals surface area contributed by atoms with Crippen LogP contribution in [0.5, 0.6) is 0 Å². The Morgan fingerprint density at radius 1 is 0.920 bits per heavy atom. The highest BCUT2D eigenvalue weighted by Gasteiger charge is 2.23. The Balaban J connectivity index is 1.48. The predicted octanol–water partition coefficient (Wildman–Crippen LogP) is 5.47. The van der Waals surface area contributed by atoms with Gasteiger partial charge in [0.2, 0.25) is 0 Å². The zero-order chi connectivity index (χ0) is 17.4. The number of benzene rings is 2. The molecule has 1 N–H and O–H groups in total. The number of H-pyrrole nitrogens is 1. The largest absolute Gasteiger partial charge is 0.358 e. The van der Waals surface area contributed by atoms with E-state index >= 15 is 0 Å². The third kappa shape index (κ3) is 3.11. The third-order valence-corrected chi connectivity index (χ3v) is 5.95. The summed E-state index contributed by atoms with van der Waals surface area (Å²) in [7, 11) is 0. The lowest BCUT2D eigenvalue weighted by atomic mass is 9.84. The molecule has 3 aromatic rings. The van der Waals surface area contributed by atoms with Gasteiger partial charge in [0.05, 0.1) is 0 Å². The quantitative estimate of drug-likeness (QED) is 0.673. The van der Waals surface area contributed by atoms with Gasteiger partial charge in [-0.05, 0) is 80.9 Å². The van der Waals surface area contributed by atoms with Crippen LogP contribution >= 0.6 is 0 Å². The number of hydrogen-bond donors (Lipinski definition) is 1. The number of aromatic amines is 1. The Morgan fingerprint density at radius 3 is 2.32 bits per heavy atom. The molecule has 1 fully saturated rings. The zero-order valence-corrected chi connectivity index (χ0v) is 15.6. The number of nitrogens with zero attached hydrogens (tertiary/aromatic N) is 1. The van der Waals surface area contributed by atoms with E-state index in [0.29, 0.717) is 0 Å². The van der Waals surface area contributed by atoms with Crippen LogP contribution in [0, 0.1) is 20.8 Å². The van der Waals surface area contributed by atoms with Gasteiger partial charge in [0, 0.05) is 23.1 Å². The molecule has 2 nitrogen and oxygen atoms in total. The van der Waals surface area contributed by atoms with E-state index in [4.69, 9.17) is 0 Å². The van der Waals surface area contributed by atoms with Crippen LogP contribution in [0.1, 0.15) is 46.7 Å².